The van der Waals surface area contributed by atoms with E-state index in [-0.39, 0.29) is 40.4 Å². The maximum absolute atomic E-state index is 12.8. The molecule has 2 aromatic rings. The number of benzene rings is 2. The molecule has 0 saturated carbocycles. The number of aromatic hydroxyl groups is 2. The van der Waals surface area contributed by atoms with Gasteiger partial charge in [-0.1, -0.05) is 26.0 Å². The first-order chi connectivity index (χ1) is 26.2. The summed E-state index contributed by atoms with van der Waals surface area (Å²) in [6.07, 6.45) is 5.30. The maximum Gasteiger partial charge on any atom is 0.446 e. The Morgan fingerprint density at radius 3 is 1.63 bits per heavy atom. The number of alkyl halides is 3. The van der Waals surface area contributed by atoms with Crippen molar-refractivity contribution in [3.63, 3.8) is 0 Å². The van der Waals surface area contributed by atoms with Crippen molar-refractivity contribution in [1.82, 2.24) is 9.80 Å². The topological polar surface area (TPSA) is 117 Å². The van der Waals surface area contributed by atoms with Crippen LogP contribution in [-0.2, 0) is 40.1 Å². The summed E-state index contributed by atoms with van der Waals surface area (Å²) < 4.78 is 43.0. The van der Waals surface area contributed by atoms with Gasteiger partial charge < -0.3 is 19.7 Å². The van der Waals surface area contributed by atoms with Gasteiger partial charge in [0.25, 0.3) is 0 Å². The van der Waals surface area contributed by atoms with Gasteiger partial charge in [-0.25, -0.2) is 0 Å². The standard InChI is InChI=1S/C26H39NO4.C16H23NO2.C2HF3O.BrH/c1-8-13-27-14-9-10-18-15-19-17(16-20(18)27)11-12-21(30-23(28)25(2,3)4)22(19)31-24(29)26(5,6)7;1-2-7-17-8-3-4-12-9-13-11(10-14(12)17)5-6-15(18)16(13)19;3-2(4,5)1-6;/h11-12,18,20H,8-10,13-16H2,1-7H3;5-6,12,14,18-19H,2-4,7-10H2,1H3;1H;1H/t18-,20-;12-,14-;;/m11../s1. The quantitative estimate of drug-likeness (QED) is 0.127. The molecule has 2 aliphatic carbocycles. The van der Waals surface area contributed by atoms with Crippen LogP contribution < -0.4 is 9.47 Å². The Hall–Kier alpha value is -3.16. The number of phenolic OH excluding ortho intramolecular Hbond substituents is 2. The number of halogens is 4. The summed E-state index contributed by atoms with van der Waals surface area (Å²) in [4.78, 5) is 39.4. The molecule has 2 N–H and O–H groups in total. The molecule has 2 saturated heterocycles. The second-order valence-corrected chi connectivity index (χ2v) is 17.9. The van der Waals surface area contributed by atoms with Crippen molar-refractivity contribution in [3.8, 4) is 23.0 Å². The number of ether oxygens (including phenoxy) is 2. The summed E-state index contributed by atoms with van der Waals surface area (Å²) in [5, 5.41) is 19.7. The highest BCUT2D eigenvalue weighted by Gasteiger charge is 2.39. The summed E-state index contributed by atoms with van der Waals surface area (Å²) in [7, 11) is 0. The Labute approximate surface area is 347 Å². The van der Waals surface area contributed by atoms with E-state index in [1.165, 1.54) is 56.3 Å². The molecule has 13 heteroatoms. The van der Waals surface area contributed by atoms with Gasteiger partial charge in [-0.05, 0) is 167 Å². The van der Waals surface area contributed by atoms with Crippen LogP contribution in [0.4, 0.5) is 13.2 Å². The van der Waals surface area contributed by atoms with Gasteiger partial charge in [0.2, 0.25) is 6.29 Å². The van der Waals surface area contributed by atoms with E-state index in [4.69, 9.17) is 14.3 Å². The van der Waals surface area contributed by atoms with Crippen LogP contribution in [0.1, 0.15) is 116 Å². The molecule has 0 amide bonds. The third-order valence-electron chi connectivity index (χ3n) is 11.3. The minimum atomic E-state index is -4.64. The lowest BCUT2D eigenvalue weighted by Gasteiger charge is -2.45. The normalized spacial score (nSPS) is 21.9. The summed E-state index contributed by atoms with van der Waals surface area (Å²) >= 11 is 0. The molecule has 2 heterocycles. The van der Waals surface area contributed by atoms with Crippen LogP contribution in [0.25, 0.3) is 0 Å². The fourth-order valence-corrected chi connectivity index (χ4v) is 8.44. The van der Waals surface area contributed by atoms with E-state index >= 15 is 0 Å². The first kappa shape index (κ1) is 48.2. The van der Waals surface area contributed by atoms with E-state index in [9.17, 15) is 33.0 Å². The van der Waals surface area contributed by atoms with Crippen LogP contribution in [0.2, 0.25) is 0 Å². The molecule has 2 fully saturated rings. The van der Waals surface area contributed by atoms with E-state index in [1.807, 2.05) is 47.6 Å². The number of aldehydes is 1. The lowest BCUT2D eigenvalue weighted by atomic mass is 9.75. The molecule has 6 rings (SSSR count). The number of carbonyl (C=O) groups excluding carboxylic acids is 3. The minimum absolute atomic E-state index is 0. The summed E-state index contributed by atoms with van der Waals surface area (Å²) in [6, 6.07) is 8.65. The Morgan fingerprint density at radius 2 is 1.18 bits per heavy atom. The molecule has 2 aromatic carbocycles. The Kier molecular flexibility index (Phi) is 17.1. The molecule has 0 aromatic heterocycles. The highest BCUT2D eigenvalue weighted by Crippen LogP contribution is 2.45. The maximum atomic E-state index is 12.8. The van der Waals surface area contributed by atoms with Gasteiger partial charge in [-0.3, -0.25) is 24.2 Å². The molecular formula is C44H64BrF3N2O7. The molecular weight excluding hydrogens is 805 g/mol. The van der Waals surface area contributed by atoms with Gasteiger partial charge in [0.1, 0.15) is 0 Å². The van der Waals surface area contributed by atoms with E-state index in [0.29, 0.717) is 35.4 Å². The Balaban J connectivity index is 0.000000283. The fraction of sp³-hybridized carbons (Fsp3) is 0.659. The second-order valence-electron chi connectivity index (χ2n) is 17.9. The van der Waals surface area contributed by atoms with Crippen molar-refractivity contribution in [1.29, 1.82) is 0 Å². The van der Waals surface area contributed by atoms with E-state index < -0.39 is 23.3 Å². The number of phenols is 2. The van der Waals surface area contributed by atoms with Gasteiger partial charge in [0.15, 0.2) is 23.0 Å². The van der Waals surface area contributed by atoms with Gasteiger partial charge >= 0.3 is 18.1 Å². The molecule has 0 unspecified atom stereocenters. The largest absolute Gasteiger partial charge is 0.504 e. The average Bonchev–Trinajstić information content (AvgIpc) is 3.13. The Morgan fingerprint density at radius 1 is 0.737 bits per heavy atom. The van der Waals surface area contributed by atoms with Gasteiger partial charge in [0.05, 0.1) is 10.8 Å². The van der Waals surface area contributed by atoms with Gasteiger partial charge in [-0.2, -0.15) is 13.2 Å². The molecule has 320 valence electrons. The zero-order chi connectivity index (χ0) is 41.6. The van der Waals surface area contributed by atoms with Crippen LogP contribution in [0.15, 0.2) is 24.3 Å². The van der Waals surface area contributed by atoms with Crippen molar-refractivity contribution in [2.45, 2.75) is 138 Å². The highest BCUT2D eigenvalue weighted by atomic mass is 79.9. The number of fused-ring (bicyclic) bond motifs is 4. The summed E-state index contributed by atoms with van der Waals surface area (Å²) in [5.41, 5.74) is 3.16. The Bertz CT molecular complexity index is 1680. The fourth-order valence-electron chi connectivity index (χ4n) is 8.44. The predicted molar refractivity (Wildman–Crippen MR) is 220 cm³/mol. The van der Waals surface area contributed by atoms with Crippen LogP contribution in [0.3, 0.4) is 0 Å². The number of likely N-dealkylation sites (tertiary alicyclic amines) is 2. The number of hydrogen-bond acceptors (Lipinski definition) is 9. The third-order valence-corrected chi connectivity index (χ3v) is 11.3. The van der Waals surface area contributed by atoms with Crippen molar-refractivity contribution in [2.24, 2.45) is 22.7 Å². The number of hydrogen-bond donors (Lipinski definition) is 2. The molecule has 0 radical (unpaired) electrons. The highest BCUT2D eigenvalue weighted by molar-refractivity contribution is 8.93. The molecule has 4 atom stereocenters. The SMILES string of the molecule is Br.CCCN1CCC[C@@H]2Cc3c(ccc(O)c3O)C[C@H]21.CCCN1CCC[C@@H]2Cc3c(ccc(OC(=O)C(C)(C)C)c3OC(=O)C(C)(C)C)C[C@H]21.O=CC(F)(F)F. The van der Waals surface area contributed by atoms with Crippen LogP contribution in [0.5, 0.6) is 23.0 Å². The summed E-state index contributed by atoms with van der Waals surface area (Å²) in [5.74, 6) is 1.47. The van der Waals surface area contributed by atoms with Gasteiger partial charge in [-0.15, -0.1) is 17.0 Å². The molecule has 4 aliphatic rings. The average molecular weight is 870 g/mol. The zero-order valence-corrected chi connectivity index (χ0v) is 36.7. The van der Waals surface area contributed by atoms with Crippen LogP contribution in [0, 0.1) is 22.7 Å². The first-order valence-corrected chi connectivity index (χ1v) is 20.3. The van der Waals surface area contributed by atoms with Crippen LogP contribution in [-0.4, -0.2) is 82.7 Å². The third kappa shape index (κ3) is 12.7. The number of carbonyl (C=O) groups is 3. The molecule has 2 aliphatic heterocycles. The number of esters is 2. The monoisotopic (exact) mass is 868 g/mol. The number of rotatable bonds is 6. The van der Waals surface area contributed by atoms with Crippen molar-refractivity contribution < 1.29 is 47.2 Å². The number of nitrogens with zero attached hydrogens (tertiary/aromatic N) is 2. The van der Waals surface area contributed by atoms with Crippen molar-refractivity contribution in [2.75, 3.05) is 26.2 Å². The molecule has 0 bridgehead atoms. The molecule has 9 nitrogen and oxygen atoms in total. The van der Waals surface area contributed by atoms with E-state index in [0.717, 1.165) is 56.3 Å². The molecule has 0 spiro atoms. The lowest BCUT2D eigenvalue weighted by molar-refractivity contribution is -0.156. The summed E-state index contributed by atoms with van der Waals surface area (Å²) in [6.45, 7) is 20.2. The number of piperidine rings is 2. The second kappa shape index (κ2) is 20.2. The minimum Gasteiger partial charge on any atom is -0.504 e. The van der Waals surface area contributed by atoms with Gasteiger partial charge in [0, 0.05) is 23.2 Å². The lowest BCUT2D eigenvalue weighted by Crippen LogP contribution is -2.49. The predicted octanol–water partition coefficient (Wildman–Crippen LogP) is 9.19. The van der Waals surface area contributed by atoms with E-state index in [2.05, 4.69) is 29.7 Å². The van der Waals surface area contributed by atoms with Crippen molar-refractivity contribution >= 4 is 35.2 Å². The van der Waals surface area contributed by atoms with E-state index in [1.54, 1.807) is 12.1 Å². The molecule has 57 heavy (non-hydrogen) atoms. The smallest absolute Gasteiger partial charge is 0.446 e. The first-order valence-electron chi connectivity index (χ1n) is 20.3. The van der Waals surface area contributed by atoms with Crippen molar-refractivity contribution in [3.05, 3.63) is 46.5 Å². The van der Waals surface area contributed by atoms with Crippen LogP contribution >= 0.6 is 17.0 Å². The zero-order valence-electron chi connectivity index (χ0n) is 35.0.